The van der Waals surface area contributed by atoms with Gasteiger partial charge in [0.2, 0.25) is 0 Å². The van der Waals surface area contributed by atoms with Gasteiger partial charge in [-0.05, 0) is 40.2 Å². The average Bonchev–Trinajstić information content (AvgIpc) is 2.53. The number of ketones is 1. The molecule has 0 saturated carbocycles. The van der Waals surface area contributed by atoms with Crippen LogP contribution in [-0.2, 0) is 0 Å². The number of nitro groups is 1. The summed E-state index contributed by atoms with van der Waals surface area (Å²) in [5.41, 5.74) is 0.295. The maximum absolute atomic E-state index is 12.1. The van der Waals surface area contributed by atoms with Crippen LogP contribution >= 0.6 is 27.5 Å². The Hall–Kier alpha value is -2.12. The summed E-state index contributed by atoms with van der Waals surface area (Å²) in [5.74, 6) is 0.557. The van der Waals surface area contributed by atoms with Crippen LogP contribution in [0.5, 0.6) is 11.5 Å². The highest BCUT2D eigenvalue weighted by Crippen LogP contribution is 2.29. The van der Waals surface area contributed by atoms with E-state index in [0.29, 0.717) is 15.8 Å². The van der Waals surface area contributed by atoms with E-state index in [1.165, 1.54) is 25.3 Å². The van der Waals surface area contributed by atoms with E-state index in [-0.39, 0.29) is 28.8 Å². The largest absolute Gasteiger partial charge is 0.496 e. The molecule has 0 spiro atoms. The third-order valence-electron chi connectivity index (χ3n) is 2.96. The van der Waals surface area contributed by atoms with E-state index in [0.717, 1.165) is 0 Å². The standard InChI is InChI=1S/C15H11BrClNO5/c1-22-14-4-2-9(6-11(14)16)13(19)8-23-15-5-3-10(18(20)21)7-12(15)17/h2-7H,8H2,1H3. The Morgan fingerprint density at radius 1 is 1.26 bits per heavy atom. The van der Waals surface area contributed by atoms with Crippen molar-refractivity contribution in [3.8, 4) is 11.5 Å². The lowest BCUT2D eigenvalue weighted by Crippen LogP contribution is -2.12. The van der Waals surface area contributed by atoms with Gasteiger partial charge < -0.3 is 9.47 Å². The van der Waals surface area contributed by atoms with Gasteiger partial charge in [0.1, 0.15) is 11.5 Å². The van der Waals surface area contributed by atoms with E-state index in [9.17, 15) is 14.9 Å². The smallest absolute Gasteiger partial charge is 0.271 e. The van der Waals surface area contributed by atoms with E-state index < -0.39 is 4.92 Å². The van der Waals surface area contributed by atoms with Crippen LogP contribution in [0.2, 0.25) is 5.02 Å². The van der Waals surface area contributed by atoms with Crippen molar-refractivity contribution in [2.24, 2.45) is 0 Å². The number of rotatable bonds is 6. The Labute approximate surface area is 145 Å². The number of hydrogen-bond acceptors (Lipinski definition) is 5. The predicted octanol–water partition coefficient (Wildman–Crippen LogP) is 4.28. The minimum atomic E-state index is -0.560. The summed E-state index contributed by atoms with van der Waals surface area (Å²) in [4.78, 5) is 22.2. The van der Waals surface area contributed by atoms with Gasteiger partial charge in [-0.25, -0.2) is 0 Å². The SMILES string of the molecule is COc1ccc(C(=O)COc2ccc([N+](=O)[O-])cc2Cl)cc1Br. The number of carbonyl (C=O) groups excluding carboxylic acids is 1. The van der Waals surface area contributed by atoms with Crippen molar-refractivity contribution in [1.82, 2.24) is 0 Å². The van der Waals surface area contributed by atoms with Crippen molar-refractivity contribution in [2.45, 2.75) is 0 Å². The molecule has 0 aliphatic rings. The molecule has 8 heteroatoms. The molecule has 2 aromatic rings. The number of methoxy groups -OCH3 is 1. The van der Waals surface area contributed by atoms with E-state index >= 15 is 0 Å². The summed E-state index contributed by atoms with van der Waals surface area (Å²) in [6.45, 7) is -0.240. The lowest BCUT2D eigenvalue weighted by atomic mass is 10.1. The molecule has 0 unspecified atom stereocenters. The Morgan fingerprint density at radius 2 is 1.96 bits per heavy atom. The monoisotopic (exact) mass is 399 g/mol. The van der Waals surface area contributed by atoms with E-state index in [4.69, 9.17) is 21.1 Å². The lowest BCUT2D eigenvalue weighted by Gasteiger charge is -2.08. The molecule has 0 amide bonds. The molecule has 2 aromatic carbocycles. The summed E-state index contributed by atoms with van der Waals surface area (Å²) in [5, 5.41) is 10.7. The highest BCUT2D eigenvalue weighted by Gasteiger charge is 2.13. The molecule has 0 atom stereocenters. The first-order chi connectivity index (χ1) is 10.9. The molecule has 6 nitrogen and oxygen atoms in total. The highest BCUT2D eigenvalue weighted by molar-refractivity contribution is 9.10. The van der Waals surface area contributed by atoms with Crippen LogP contribution in [0.15, 0.2) is 40.9 Å². The molecular formula is C15H11BrClNO5. The molecular weight excluding hydrogens is 390 g/mol. The van der Waals surface area contributed by atoms with Crippen LogP contribution < -0.4 is 9.47 Å². The molecule has 0 N–H and O–H groups in total. The zero-order valence-corrected chi connectivity index (χ0v) is 14.3. The zero-order valence-electron chi connectivity index (χ0n) is 11.9. The van der Waals surface area contributed by atoms with Crippen molar-refractivity contribution in [2.75, 3.05) is 13.7 Å². The summed E-state index contributed by atoms with van der Waals surface area (Å²) in [6.07, 6.45) is 0. The molecule has 120 valence electrons. The Morgan fingerprint density at radius 3 is 2.52 bits per heavy atom. The number of nitrogens with zero attached hydrogens (tertiary/aromatic N) is 1. The summed E-state index contributed by atoms with van der Waals surface area (Å²) >= 11 is 9.20. The van der Waals surface area contributed by atoms with Crippen LogP contribution in [0, 0.1) is 10.1 Å². The van der Waals surface area contributed by atoms with Crippen LogP contribution in [0.3, 0.4) is 0 Å². The second kappa shape index (κ2) is 7.43. The van der Waals surface area contributed by atoms with Crippen LogP contribution in [0.1, 0.15) is 10.4 Å². The van der Waals surface area contributed by atoms with Gasteiger partial charge in [0.25, 0.3) is 5.69 Å². The number of nitro benzene ring substituents is 1. The fourth-order valence-electron chi connectivity index (χ4n) is 1.79. The normalized spacial score (nSPS) is 10.2. The Kier molecular flexibility index (Phi) is 5.57. The number of benzene rings is 2. The number of Topliss-reactive ketones (excluding diaryl/α,β-unsaturated/α-hetero) is 1. The summed E-state index contributed by atoms with van der Waals surface area (Å²) in [6, 6.07) is 8.70. The van der Waals surface area contributed by atoms with Gasteiger partial charge in [-0.2, -0.15) is 0 Å². The van der Waals surface area contributed by atoms with Gasteiger partial charge in [0.05, 0.1) is 21.5 Å². The lowest BCUT2D eigenvalue weighted by molar-refractivity contribution is -0.384. The fraction of sp³-hybridized carbons (Fsp3) is 0.133. The quantitative estimate of drug-likeness (QED) is 0.411. The van der Waals surface area contributed by atoms with Gasteiger partial charge in [-0.1, -0.05) is 11.6 Å². The maximum Gasteiger partial charge on any atom is 0.271 e. The number of hydrogen-bond donors (Lipinski definition) is 0. The topological polar surface area (TPSA) is 78.7 Å². The molecule has 0 aliphatic heterocycles. The first kappa shape index (κ1) is 17.2. The maximum atomic E-state index is 12.1. The molecule has 0 aliphatic carbocycles. The molecule has 0 fully saturated rings. The van der Waals surface area contributed by atoms with Gasteiger partial charge in [-0.3, -0.25) is 14.9 Å². The second-order valence-electron chi connectivity index (χ2n) is 4.43. The van der Waals surface area contributed by atoms with Gasteiger partial charge in [0, 0.05) is 17.7 Å². The first-order valence-corrected chi connectivity index (χ1v) is 7.53. The fourth-order valence-corrected chi connectivity index (χ4v) is 2.56. The third-order valence-corrected chi connectivity index (χ3v) is 3.87. The summed E-state index contributed by atoms with van der Waals surface area (Å²) < 4.78 is 11.1. The van der Waals surface area contributed by atoms with E-state index in [1.807, 2.05) is 0 Å². The number of carbonyl (C=O) groups is 1. The highest BCUT2D eigenvalue weighted by atomic mass is 79.9. The third kappa shape index (κ3) is 4.20. The predicted molar refractivity (Wildman–Crippen MR) is 88.6 cm³/mol. The number of halogens is 2. The molecule has 0 radical (unpaired) electrons. The minimum Gasteiger partial charge on any atom is -0.496 e. The van der Waals surface area contributed by atoms with E-state index in [2.05, 4.69) is 15.9 Å². The second-order valence-corrected chi connectivity index (χ2v) is 5.69. The average molecular weight is 401 g/mol. The van der Waals surface area contributed by atoms with Crippen molar-refractivity contribution in [3.05, 3.63) is 61.6 Å². The van der Waals surface area contributed by atoms with Gasteiger partial charge >= 0.3 is 0 Å². The number of non-ortho nitro benzene ring substituents is 1. The van der Waals surface area contributed by atoms with Crippen molar-refractivity contribution in [1.29, 1.82) is 0 Å². The van der Waals surface area contributed by atoms with Crippen molar-refractivity contribution >= 4 is 39.0 Å². The van der Waals surface area contributed by atoms with Gasteiger partial charge in [0.15, 0.2) is 12.4 Å². The summed E-state index contributed by atoms with van der Waals surface area (Å²) in [7, 11) is 1.53. The molecule has 2 rings (SSSR count). The van der Waals surface area contributed by atoms with Crippen LogP contribution in [-0.4, -0.2) is 24.4 Å². The zero-order chi connectivity index (χ0) is 17.0. The van der Waals surface area contributed by atoms with E-state index in [1.54, 1.807) is 18.2 Å². The minimum absolute atomic E-state index is 0.0721. The Balaban J connectivity index is 2.07. The molecule has 23 heavy (non-hydrogen) atoms. The number of ether oxygens (including phenoxy) is 2. The molecule has 0 heterocycles. The van der Waals surface area contributed by atoms with Crippen molar-refractivity contribution < 1.29 is 19.2 Å². The first-order valence-electron chi connectivity index (χ1n) is 6.36. The molecule has 0 saturated heterocycles. The molecule has 0 aromatic heterocycles. The van der Waals surface area contributed by atoms with Crippen LogP contribution in [0.25, 0.3) is 0 Å². The Bertz CT molecular complexity index is 766. The van der Waals surface area contributed by atoms with Crippen LogP contribution in [0.4, 0.5) is 5.69 Å². The van der Waals surface area contributed by atoms with Crippen molar-refractivity contribution in [3.63, 3.8) is 0 Å². The van der Waals surface area contributed by atoms with Gasteiger partial charge in [-0.15, -0.1) is 0 Å². The molecule has 0 bridgehead atoms.